The van der Waals surface area contributed by atoms with Gasteiger partial charge in [-0.2, -0.15) is 0 Å². The van der Waals surface area contributed by atoms with E-state index in [1.807, 2.05) is 24.3 Å². The molecule has 0 radical (unpaired) electrons. The van der Waals surface area contributed by atoms with Gasteiger partial charge in [0.1, 0.15) is 11.9 Å². The topological polar surface area (TPSA) is 98.6 Å². The molecule has 2 aliphatic rings. The zero-order chi connectivity index (χ0) is 23.5. The fraction of sp³-hybridized carbons (Fsp3) is 0.417. The zero-order valence-corrected chi connectivity index (χ0v) is 18.6. The Bertz CT molecular complexity index is 1090. The first kappa shape index (κ1) is 22.8. The molecular weight excluding hydrogens is 425 g/mol. The van der Waals surface area contributed by atoms with Gasteiger partial charge < -0.3 is 14.5 Å². The molecule has 0 N–H and O–H groups in total. The number of hydrogen-bond donors (Lipinski definition) is 0. The molecule has 0 aromatic heterocycles. The zero-order valence-electron chi connectivity index (χ0n) is 18.6. The first-order valence-corrected chi connectivity index (χ1v) is 10.9. The van der Waals surface area contributed by atoms with Crippen LogP contribution in [0.3, 0.4) is 0 Å². The number of halogens is 1. The Kier molecular flexibility index (Phi) is 6.62. The summed E-state index contributed by atoms with van der Waals surface area (Å²) in [6, 6.07) is 12.7. The molecule has 9 heteroatoms. The SMILES string of the molecule is CC(=O)N(C)[C@H]1CO[C@@H](C(=O)N2CCc3ccccc3[C@@H]2c2ccc(F)cc2)C[C@@H]1N=[N+]=[N-]. The number of nitrogens with zero attached hydrogens (tertiary/aromatic N) is 5. The molecule has 2 aliphatic heterocycles. The molecule has 0 unspecified atom stereocenters. The number of amides is 2. The van der Waals surface area contributed by atoms with Gasteiger partial charge in [-0.3, -0.25) is 9.59 Å². The van der Waals surface area contributed by atoms with Gasteiger partial charge in [0.15, 0.2) is 0 Å². The van der Waals surface area contributed by atoms with Crippen molar-refractivity contribution in [3.63, 3.8) is 0 Å². The summed E-state index contributed by atoms with van der Waals surface area (Å²) in [6.07, 6.45) is 0.0756. The normalized spacial score (nSPS) is 24.4. The van der Waals surface area contributed by atoms with E-state index in [2.05, 4.69) is 10.0 Å². The van der Waals surface area contributed by atoms with Crippen molar-refractivity contribution in [3.05, 3.63) is 81.5 Å². The molecule has 8 nitrogen and oxygen atoms in total. The highest BCUT2D eigenvalue weighted by Gasteiger charge is 2.41. The predicted molar refractivity (Wildman–Crippen MR) is 120 cm³/mol. The number of hydrogen-bond acceptors (Lipinski definition) is 4. The summed E-state index contributed by atoms with van der Waals surface area (Å²) in [5.74, 6) is -0.717. The average Bonchev–Trinajstić information content (AvgIpc) is 2.83. The van der Waals surface area contributed by atoms with Crippen LogP contribution in [0.2, 0.25) is 0 Å². The minimum absolute atomic E-state index is 0.0990. The van der Waals surface area contributed by atoms with E-state index in [0.717, 1.165) is 16.7 Å². The van der Waals surface area contributed by atoms with Crippen LogP contribution in [0.5, 0.6) is 0 Å². The lowest BCUT2D eigenvalue weighted by atomic mass is 9.87. The van der Waals surface area contributed by atoms with E-state index in [9.17, 15) is 14.0 Å². The highest BCUT2D eigenvalue weighted by molar-refractivity contribution is 5.82. The van der Waals surface area contributed by atoms with Crippen LogP contribution in [0.1, 0.15) is 36.1 Å². The van der Waals surface area contributed by atoms with E-state index in [-0.39, 0.29) is 36.7 Å². The summed E-state index contributed by atoms with van der Waals surface area (Å²) in [4.78, 5) is 31.7. The van der Waals surface area contributed by atoms with Crippen molar-refractivity contribution in [3.8, 4) is 0 Å². The molecule has 1 fully saturated rings. The van der Waals surface area contributed by atoms with Gasteiger partial charge in [0.2, 0.25) is 5.91 Å². The molecule has 4 rings (SSSR count). The first-order valence-electron chi connectivity index (χ1n) is 10.9. The monoisotopic (exact) mass is 451 g/mol. The number of benzene rings is 2. The highest BCUT2D eigenvalue weighted by Crippen LogP contribution is 2.36. The second-order valence-electron chi connectivity index (χ2n) is 8.46. The van der Waals surface area contributed by atoms with Crippen LogP contribution in [0.25, 0.3) is 10.4 Å². The third kappa shape index (κ3) is 4.55. The standard InChI is InChI=1S/C24H26FN5O3/c1-15(31)29(2)21-14-33-22(13-20(21)27-28-26)24(32)30-12-11-16-5-3-4-6-19(16)23(30)17-7-9-18(25)10-8-17/h3-10,20-23H,11-14H2,1-2H3/t20-,21-,22+,23-/m0/s1. The van der Waals surface area contributed by atoms with Gasteiger partial charge in [-0.1, -0.05) is 41.5 Å². The van der Waals surface area contributed by atoms with E-state index in [4.69, 9.17) is 10.3 Å². The van der Waals surface area contributed by atoms with Crippen molar-refractivity contribution >= 4 is 11.8 Å². The number of likely N-dealkylation sites (N-methyl/N-ethyl adjacent to an activating group) is 1. The third-order valence-corrected chi connectivity index (χ3v) is 6.59. The Morgan fingerprint density at radius 1 is 1.21 bits per heavy atom. The first-order chi connectivity index (χ1) is 15.9. The van der Waals surface area contributed by atoms with Gasteiger partial charge in [0.05, 0.1) is 24.7 Å². The van der Waals surface area contributed by atoms with Crippen LogP contribution < -0.4 is 0 Å². The van der Waals surface area contributed by atoms with Gasteiger partial charge in [-0.15, -0.1) is 0 Å². The number of fused-ring (bicyclic) bond motifs is 1. The van der Waals surface area contributed by atoms with Gasteiger partial charge >= 0.3 is 0 Å². The van der Waals surface area contributed by atoms with Crippen molar-refractivity contribution in [2.24, 2.45) is 5.11 Å². The van der Waals surface area contributed by atoms with Crippen LogP contribution in [0.4, 0.5) is 4.39 Å². The highest BCUT2D eigenvalue weighted by atomic mass is 19.1. The molecular formula is C24H26FN5O3. The van der Waals surface area contributed by atoms with Crippen LogP contribution in [0.15, 0.2) is 53.6 Å². The second-order valence-corrected chi connectivity index (χ2v) is 8.46. The summed E-state index contributed by atoms with van der Waals surface area (Å²) in [5.41, 5.74) is 12.0. The van der Waals surface area contributed by atoms with Gasteiger partial charge in [0.25, 0.3) is 5.91 Å². The van der Waals surface area contributed by atoms with E-state index < -0.39 is 18.2 Å². The van der Waals surface area contributed by atoms with Crippen LogP contribution in [-0.2, 0) is 20.7 Å². The lowest BCUT2D eigenvalue weighted by molar-refractivity contribution is -0.154. The Hall–Kier alpha value is -3.42. The molecule has 0 bridgehead atoms. The molecule has 1 saturated heterocycles. The Balaban J connectivity index is 1.63. The molecule has 0 spiro atoms. The molecule has 2 heterocycles. The molecule has 4 atom stereocenters. The maximum atomic E-state index is 13.7. The Morgan fingerprint density at radius 2 is 1.94 bits per heavy atom. The molecule has 0 saturated carbocycles. The van der Waals surface area contributed by atoms with Crippen LogP contribution in [-0.4, -0.2) is 60.0 Å². The van der Waals surface area contributed by atoms with Gasteiger partial charge in [0, 0.05) is 25.4 Å². The molecule has 33 heavy (non-hydrogen) atoms. The number of azide groups is 1. The number of rotatable bonds is 4. The molecule has 2 aromatic rings. The quantitative estimate of drug-likeness (QED) is 0.403. The summed E-state index contributed by atoms with van der Waals surface area (Å²) < 4.78 is 19.5. The van der Waals surface area contributed by atoms with Gasteiger partial charge in [-0.25, -0.2) is 4.39 Å². The fourth-order valence-corrected chi connectivity index (χ4v) is 4.73. The molecule has 172 valence electrons. The van der Waals surface area contributed by atoms with Crippen LogP contribution in [0, 0.1) is 5.82 Å². The largest absolute Gasteiger partial charge is 0.366 e. The maximum Gasteiger partial charge on any atom is 0.252 e. The fourth-order valence-electron chi connectivity index (χ4n) is 4.73. The summed E-state index contributed by atoms with van der Waals surface area (Å²) in [6.45, 7) is 2.02. The van der Waals surface area contributed by atoms with Gasteiger partial charge in [-0.05, 0) is 47.2 Å². The predicted octanol–water partition coefficient (Wildman–Crippen LogP) is 3.61. The Morgan fingerprint density at radius 3 is 2.64 bits per heavy atom. The smallest absolute Gasteiger partial charge is 0.252 e. The maximum absolute atomic E-state index is 13.7. The minimum Gasteiger partial charge on any atom is -0.366 e. The van der Waals surface area contributed by atoms with E-state index in [1.165, 1.54) is 24.0 Å². The molecule has 0 aliphatic carbocycles. The van der Waals surface area contributed by atoms with Crippen molar-refractivity contribution in [2.75, 3.05) is 20.2 Å². The Labute approximate surface area is 191 Å². The third-order valence-electron chi connectivity index (χ3n) is 6.59. The number of ether oxygens (including phenoxy) is 1. The number of carbonyl (C=O) groups excluding carboxylic acids is 2. The van der Waals surface area contributed by atoms with E-state index in [1.54, 1.807) is 24.1 Å². The number of carbonyl (C=O) groups is 2. The van der Waals surface area contributed by atoms with Crippen molar-refractivity contribution in [1.29, 1.82) is 0 Å². The molecule has 2 aromatic carbocycles. The van der Waals surface area contributed by atoms with E-state index in [0.29, 0.717) is 13.0 Å². The van der Waals surface area contributed by atoms with Crippen molar-refractivity contribution < 1.29 is 18.7 Å². The molecule has 2 amide bonds. The average molecular weight is 452 g/mol. The minimum atomic E-state index is -0.801. The summed E-state index contributed by atoms with van der Waals surface area (Å²) in [7, 11) is 1.63. The van der Waals surface area contributed by atoms with Crippen molar-refractivity contribution in [2.45, 2.75) is 44.0 Å². The van der Waals surface area contributed by atoms with E-state index >= 15 is 0 Å². The van der Waals surface area contributed by atoms with Crippen molar-refractivity contribution in [1.82, 2.24) is 9.80 Å². The van der Waals surface area contributed by atoms with Crippen LogP contribution >= 0.6 is 0 Å². The summed E-state index contributed by atoms with van der Waals surface area (Å²) in [5, 5.41) is 3.86. The lowest BCUT2D eigenvalue weighted by Crippen LogP contribution is -2.55. The summed E-state index contributed by atoms with van der Waals surface area (Å²) >= 11 is 0. The lowest BCUT2D eigenvalue weighted by Gasteiger charge is -2.42. The second kappa shape index (κ2) is 9.60.